The Morgan fingerprint density at radius 1 is 0.833 bits per heavy atom. The number of nitrogens with zero attached hydrogens (tertiary/aromatic N) is 6. The molecule has 2 aliphatic rings. The molecule has 9 heteroatoms. The van der Waals surface area contributed by atoms with Crippen molar-refractivity contribution in [3.63, 3.8) is 0 Å². The van der Waals surface area contributed by atoms with Gasteiger partial charge in [0.05, 0.1) is 7.11 Å². The predicted molar refractivity (Wildman–Crippen MR) is 118 cm³/mol. The Balaban J connectivity index is 1.28. The van der Waals surface area contributed by atoms with Gasteiger partial charge in [0.1, 0.15) is 5.75 Å². The van der Waals surface area contributed by atoms with Crippen molar-refractivity contribution in [2.24, 2.45) is 0 Å². The van der Waals surface area contributed by atoms with E-state index in [0.717, 1.165) is 62.3 Å². The Bertz CT molecular complexity index is 827. The van der Waals surface area contributed by atoms with Gasteiger partial charge in [-0.3, -0.25) is 0 Å². The maximum atomic E-state index is 12.5. The van der Waals surface area contributed by atoms with Gasteiger partial charge in [-0.05, 0) is 43.4 Å². The summed E-state index contributed by atoms with van der Waals surface area (Å²) in [6, 6.07) is 11.3. The molecule has 1 aromatic heterocycles. The molecule has 0 bridgehead atoms. The second-order valence-corrected chi connectivity index (χ2v) is 7.67. The van der Waals surface area contributed by atoms with Gasteiger partial charge in [0.15, 0.2) is 11.6 Å². The molecule has 2 fully saturated rings. The maximum absolute atomic E-state index is 12.5. The second kappa shape index (κ2) is 9.17. The molecule has 0 atom stereocenters. The number of piperazine rings is 2. The molecule has 0 spiro atoms. The summed E-state index contributed by atoms with van der Waals surface area (Å²) in [6.45, 7) is 6.80. The Morgan fingerprint density at radius 2 is 1.37 bits per heavy atom. The minimum atomic E-state index is -0.0867. The van der Waals surface area contributed by atoms with Crippen LogP contribution >= 0.6 is 0 Å². The predicted octanol–water partition coefficient (Wildman–Crippen LogP) is 1.59. The first kappa shape index (κ1) is 20.2. The van der Waals surface area contributed by atoms with Gasteiger partial charge >= 0.3 is 6.03 Å². The molecule has 0 unspecified atom stereocenters. The first-order valence-electron chi connectivity index (χ1n) is 10.3. The van der Waals surface area contributed by atoms with E-state index in [1.165, 1.54) is 0 Å². The number of ether oxygens (including phenoxy) is 1. The van der Waals surface area contributed by atoms with E-state index in [1.54, 1.807) is 7.11 Å². The molecule has 1 N–H and O–H groups in total. The number of hydrogen-bond acceptors (Lipinski definition) is 7. The number of methoxy groups -OCH3 is 1. The van der Waals surface area contributed by atoms with E-state index in [-0.39, 0.29) is 6.03 Å². The molecule has 4 rings (SSSR count). The van der Waals surface area contributed by atoms with Gasteiger partial charge in [-0.1, -0.05) is 0 Å². The molecule has 0 aliphatic carbocycles. The summed E-state index contributed by atoms with van der Waals surface area (Å²) < 4.78 is 5.15. The third-order valence-corrected chi connectivity index (χ3v) is 5.70. The fourth-order valence-electron chi connectivity index (χ4n) is 3.71. The zero-order valence-electron chi connectivity index (χ0n) is 17.6. The van der Waals surface area contributed by atoms with Gasteiger partial charge in [0, 0.05) is 58.0 Å². The van der Waals surface area contributed by atoms with E-state index in [9.17, 15) is 4.79 Å². The number of rotatable bonds is 4. The van der Waals surface area contributed by atoms with Gasteiger partial charge in [0.2, 0.25) is 0 Å². The van der Waals surface area contributed by atoms with E-state index in [1.807, 2.05) is 35.2 Å². The second-order valence-electron chi connectivity index (χ2n) is 7.67. The molecule has 3 heterocycles. The molecular weight excluding hydrogens is 382 g/mol. The molecule has 30 heavy (non-hydrogen) atoms. The number of carbonyl (C=O) groups is 1. The van der Waals surface area contributed by atoms with Gasteiger partial charge < -0.3 is 29.7 Å². The van der Waals surface area contributed by atoms with Crippen molar-refractivity contribution in [3.8, 4) is 5.75 Å². The highest BCUT2D eigenvalue weighted by atomic mass is 16.5. The van der Waals surface area contributed by atoms with Crippen LogP contribution in [0, 0.1) is 0 Å². The lowest BCUT2D eigenvalue weighted by molar-refractivity contribution is 0.208. The monoisotopic (exact) mass is 411 g/mol. The maximum Gasteiger partial charge on any atom is 0.321 e. The van der Waals surface area contributed by atoms with E-state index in [4.69, 9.17) is 4.74 Å². The van der Waals surface area contributed by atoms with Crippen LogP contribution < -0.4 is 19.9 Å². The minimum Gasteiger partial charge on any atom is -0.497 e. The van der Waals surface area contributed by atoms with E-state index in [0.29, 0.717) is 13.1 Å². The van der Waals surface area contributed by atoms with Crippen molar-refractivity contribution < 1.29 is 9.53 Å². The smallest absolute Gasteiger partial charge is 0.321 e. The number of urea groups is 1. The lowest BCUT2D eigenvalue weighted by Crippen LogP contribution is -2.50. The molecule has 9 nitrogen and oxygen atoms in total. The zero-order valence-corrected chi connectivity index (χ0v) is 17.6. The first-order valence-corrected chi connectivity index (χ1v) is 10.3. The quantitative estimate of drug-likeness (QED) is 0.819. The summed E-state index contributed by atoms with van der Waals surface area (Å²) in [7, 11) is 3.76. The van der Waals surface area contributed by atoms with Crippen molar-refractivity contribution in [1.29, 1.82) is 0 Å². The number of amides is 2. The van der Waals surface area contributed by atoms with E-state index in [2.05, 4.69) is 43.3 Å². The molecular formula is C21H29N7O2. The summed E-state index contributed by atoms with van der Waals surface area (Å²) >= 11 is 0. The van der Waals surface area contributed by atoms with Crippen LogP contribution in [0.5, 0.6) is 5.75 Å². The fourth-order valence-corrected chi connectivity index (χ4v) is 3.71. The first-order chi connectivity index (χ1) is 14.6. The van der Waals surface area contributed by atoms with Crippen molar-refractivity contribution >= 4 is 23.4 Å². The molecule has 2 aromatic rings. The lowest BCUT2D eigenvalue weighted by Gasteiger charge is -2.35. The van der Waals surface area contributed by atoms with Crippen LogP contribution in [0.2, 0.25) is 0 Å². The van der Waals surface area contributed by atoms with Crippen molar-refractivity contribution in [2.75, 3.05) is 81.6 Å². The van der Waals surface area contributed by atoms with Crippen LogP contribution in [0.15, 0.2) is 36.4 Å². The van der Waals surface area contributed by atoms with Crippen molar-refractivity contribution in [1.82, 2.24) is 20.0 Å². The van der Waals surface area contributed by atoms with E-state index < -0.39 is 0 Å². The van der Waals surface area contributed by atoms with E-state index >= 15 is 0 Å². The number of benzene rings is 1. The van der Waals surface area contributed by atoms with Gasteiger partial charge in [-0.25, -0.2) is 4.79 Å². The Kier molecular flexibility index (Phi) is 6.18. The number of anilines is 3. The van der Waals surface area contributed by atoms with Crippen LogP contribution in [-0.4, -0.2) is 92.5 Å². The molecule has 2 saturated heterocycles. The van der Waals surface area contributed by atoms with Gasteiger partial charge in [-0.2, -0.15) is 0 Å². The normalized spacial score (nSPS) is 17.7. The SMILES string of the molecule is COc1ccc(NC(=O)N2CCN(c3ccc(N4CCN(C)CC4)nn3)CC2)cc1. The van der Waals surface area contributed by atoms with Crippen LogP contribution in [0.1, 0.15) is 0 Å². The highest BCUT2D eigenvalue weighted by Gasteiger charge is 2.23. The molecule has 1 aromatic carbocycles. The minimum absolute atomic E-state index is 0.0867. The molecule has 160 valence electrons. The topological polar surface area (TPSA) is 77.1 Å². The lowest BCUT2D eigenvalue weighted by atomic mass is 10.3. The standard InChI is InChI=1S/C21H29N7O2/c1-25-9-11-26(12-10-25)19-7-8-20(24-23-19)27-13-15-28(16-14-27)21(29)22-17-3-5-18(30-2)6-4-17/h3-8H,9-16H2,1-2H3,(H,22,29). The van der Waals surface area contributed by atoms with Crippen LogP contribution in [0.3, 0.4) is 0 Å². The Hall–Kier alpha value is -3.07. The molecule has 2 amide bonds. The fraction of sp³-hybridized carbons (Fsp3) is 0.476. The number of aromatic nitrogens is 2. The number of carbonyl (C=O) groups excluding carboxylic acids is 1. The Morgan fingerprint density at radius 3 is 1.87 bits per heavy atom. The Labute approximate surface area is 177 Å². The summed E-state index contributed by atoms with van der Waals surface area (Å²) in [4.78, 5) is 21.1. The van der Waals surface area contributed by atoms with Crippen molar-refractivity contribution in [2.45, 2.75) is 0 Å². The molecule has 0 radical (unpaired) electrons. The number of likely N-dealkylation sites (N-methyl/N-ethyl adjacent to an activating group) is 1. The average Bonchev–Trinajstić information content (AvgIpc) is 2.80. The van der Waals surface area contributed by atoms with Gasteiger partial charge in [-0.15, -0.1) is 10.2 Å². The molecule has 0 saturated carbocycles. The summed E-state index contributed by atoms with van der Waals surface area (Å²) in [5, 5.41) is 11.8. The van der Waals surface area contributed by atoms with Crippen LogP contribution in [-0.2, 0) is 0 Å². The highest BCUT2D eigenvalue weighted by molar-refractivity contribution is 5.89. The number of nitrogens with one attached hydrogen (secondary N) is 1. The third kappa shape index (κ3) is 4.73. The van der Waals surface area contributed by atoms with Crippen LogP contribution in [0.25, 0.3) is 0 Å². The molecule has 2 aliphatic heterocycles. The largest absolute Gasteiger partial charge is 0.497 e. The highest BCUT2D eigenvalue weighted by Crippen LogP contribution is 2.19. The number of hydrogen-bond donors (Lipinski definition) is 1. The average molecular weight is 412 g/mol. The summed E-state index contributed by atoms with van der Waals surface area (Å²) in [5.74, 6) is 2.56. The summed E-state index contributed by atoms with van der Waals surface area (Å²) in [5.41, 5.74) is 0.758. The van der Waals surface area contributed by atoms with Gasteiger partial charge in [0.25, 0.3) is 0 Å². The summed E-state index contributed by atoms with van der Waals surface area (Å²) in [6.07, 6.45) is 0. The van der Waals surface area contributed by atoms with Crippen molar-refractivity contribution in [3.05, 3.63) is 36.4 Å². The zero-order chi connectivity index (χ0) is 20.9. The van der Waals surface area contributed by atoms with Crippen LogP contribution in [0.4, 0.5) is 22.1 Å². The third-order valence-electron chi connectivity index (χ3n) is 5.70.